The van der Waals surface area contributed by atoms with Crippen molar-refractivity contribution in [2.24, 2.45) is 0 Å². The van der Waals surface area contributed by atoms with Crippen LogP contribution in [0.15, 0.2) is 50.7 Å². The molecule has 0 radical (unpaired) electrons. The third-order valence-electron chi connectivity index (χ3n) is 7.21. The third kappa shape index (κ3) is 8.19. The Morgan fingerprint density at radius 1 is 0.700 bits per heavy atom. The van der Waals surface area contributed by atoms with Crippen molar-refractivity contribution in [1.82, 2.24) is 0 Å². The lowest BCUT2D eigenvalue weighted by molar-refractivity contribution is 0.227. The third-order valence-corrected chi connectivity index (χ3v) is 14.9. The summed E-state index contributed by atoms with van der Waals surface area (Å²) in [5.41, 5.74) is 0. The summed E-state index contributed by atoms with van der Waals surface area (Å²) in [6.45, 7) is 2.29. The molecule has 5 rings (SSSR count). The molecule has 0 saturated heterocycles. The number of aryl methyl sites for hydroxylation is 1. The Balaban J connectivity index is 1.11. The second-order valence-electron chi connectivity index (χ2n) is 10.4. The van der Waals surface area contributed by atoms with E-state index in [1.165, 1.54) is 109 Å². The summed E-state index contributed by atoms with van der Waals surface area (Å²) in [6.07, 6.45) is 15.5. The fourth-order valence-electron chi connectivity index (χ4n) is 4.99. The van der Waals surface area contributed by atoms with Gasteiger partial charge in [-0.05, 0) is 86.5 Å². The first-order valence-corrected chi connectivity index (χ1v) is 20.1. The molecule has 1 nitrogen and oxygen atoms in total. The number of halogens is 2. The van der Waals surface area contributed by atoms with Gasteiger partial charge in [-0.15, -0.1) is 56.7 Å². The number of fused-ring (bicyclic) bond motifs is 1. The molecular weight excluding hydrogens is 720 g/mol. The molecule has 1 N–H and O–H groups in total. The van der Waals surface area contributed by atoms with Crippen molar-refractivity contribution < 1.29 is 5.11 Å². The van der Waals surface area contributed by atoms with Crippen molar-refractivity contribution in [1.29, 1.82) is 0 Å². The summed E-state index contributed by atoms with van der Waals surface area (Å²) in [7, 11) is 0. The molecule has 8 heteroatoms. The van der Waals surface area contributed by atoms with Gasteiger partial charge < -0.3 is 5.11 Å². The molecule has 0 aromatic carbocycles. The number of rotatable bonds is 16. The first-order chi connectivity index (χ1) is 19.5. The van der Waals surface area contributed by atoms with Crippen LogP contribution in [-0.2, 0) is 12.8 Å². The van der Waals surface area contributed by atoms with Crippen LogP contribution in [-0.4, -0.2) is 5.11 Å². The van der Waals surface area contributed by atoms with Crippen LogP contribution in [0.3, 0.4) is 0 Å². The lowest BCUT2D eigenvalue weighted by atomic mass is 10.1. The van der Waals surface area contributed by atoms with Crippen molar-refractivity contribution in [3.8, 4) is 9.75 Å². The summed E-state index contributed by atoms with van der Waals surface area (Å²) >= 11 is 16.4. The Morgan fingerprint density at radius 3 is 2.12 bits per heavy atom. The zero-order chi connectivity index (χ0) is 27.9. The van der Waals surface area contributed by atoms with E-state index in [1.54, 1.807) is 22.7 Å². The number of unbranched alkanes of at least 4 members (excludes halogenated alkanes) is 9. The van der Waals surface area contributed by atoms with E-state index in [4.69, 9.17) is 0 Å². The minimum atomic E-state index is -0.558. The highest BCUT2D eigenvalue weighted by atomic mass is 79.9. The predicted molar refractivity (Wildman–Crippen MR) is 189 cm³/mol. The van der Waals surface area contributed by atoms with Gasteiger partial charge in [0, 0.05) is 54.0 Å². The largest absolute Gasteiger partial charge is 0.382 e. The van der Waals surface area contributed by atoms with Crippen molar-refractivity contribution >= 4 is 97.9 Å². The zero-order valence-electron chi connectivity index (χ0n) is 22.8. The van der Waals surface area contributed by atoms with Crippen LogP contribution >= 0.6 is 88.5 Å². The van der Waals surface area contributed by atoms with Gasteiger partial charge in [-0.25, -0.2) is 0 Å². The molecule has 1 atom stereocenters. The smallest absolute Gasteiger partial charge is 0.123 e. The Hall–Kier alpha value is -0.320. The van der Waals surface area contributed by atoms with E-state index in [1.807, 2.05) is 45.5 Å². The van der Waals surface area contributed by atoms with E-state index in [0.717, 1.165) is 20.6 Å². The Morgan fingerprint density at radius 2 is 1.43 bits per heavy atom. The summed E-state index contributed by atoms with van der Waals surface area (Å²) < 4.78 is 4.74. The average Bonchev–Trinajstić information content (AvgIpc) is 3.75. The maximum absolute atomic E-state index is 10.8. The Kier molecular flexibility index (Phi) is 12.0. The second-order valence-corrected chi connectivity index (χ2v) is 17.6. The van der Waals surface area contributed by atoms with Gasteiger partial charge in [0.25, 0.3) is 0 Å². The highest BCUT2D eigenvalue weighted by molar-refractivity contribution is 9.10. The molecule has 0 aliphatic carbocycles. The molecule has 214 valence electrons. The van der Waals surface area contributed by atoms with Gasteiger partial charge in [-0.3, -0.25) is 0 Å². The van der Waals surface area contributed by atoms with E-state index < -0.39 is 6.10 Å². The predicted octanol–water partition coefficient (Wildman–Crippen LogP) is 13.5. The molecule has 0 aliphatic heterocycles. The van der Waals surface area contributed by atoms with Crippen LogP contribution in [0.1, 0.15) is 102 Å². The fraction of sp³-hybridized carbons (Fsp3) is 0.438. The van der Waals surface area contributed by atoms with Gasteiger partial charge in [0.2, 0.25) is 0 Å². The molecule has 0 bridgehead atoms. The first-order valence-electron chi connectivity index (χ1n) is 14.3. The molecule has 1 unspecified atom stereocenters. The molecule has 5 aromatic heterocycles. The Labute approximate surface area is 275 Å². The maximum atomic E-state index is 10.8. The number of aliphatic hydroxyl groups is 1. The molecule has 0 aliphatic rings. The standard InChI is InChI=1S/C32H36Br2OS5/c1-2-3-4-5-6-7-8-9-10-11-12-21-13-14-25(37-21)28-19-24(34)26(39-28)17-22-18-27-29(38-22)20-30(40-27)31(35)32-23(33)15-16-36-32/h13-16,18-20,31,35H,2-12,17H2,1H3. The molecule has 0 fully saturated rings. The summed E-state index contributed by atoms with van der Waals surface area (Å²) in [4.78, 5) is 9.03. The lowest BCUT2D eigenvalue weighted by Crippen LogP contribution is -1.93. The van der Waals surface area contributed by atoms with E-state index in [9.17, 15) is 5.11 Å². The van der Waals surface area contributed by atoms with Crippen molar-refractivity contribution in [3.05, 3.63) is 75.1 Å². The highest BCUT2D eigenvalue weighted by Gasteiger charge is 2.19. The van der Waals surface area contributed by atoms with Crippen molar-refractivity contribution in [3.63, 3.8) is 0 Å². The van der Waals surface area contributed by atoms with Crippen LogP contribution < -0.4 is 0 Å². The number of hydrogen-bond acceptors (Lipinski definition) is 6. The number of thiophene rings is 5. The quantitative estimate of drug-likeness (QED) is 0.0994. The highest BCUT2D eigenvalue weighted by Crippen LogP contribution is 2.43. The fourth-order valence-corrected chi connectivity index (χ4v) is 12.2. The Bertz CT molecular complexity index is 1450. The number of aliphatic hydroxyl groups excluding tert-OH is 1. The summed E-state index contributed by atoms with van der Waals surface area (Å²) in [6, 6.07) is 13.4. The van der Waals surface area contributed by atoms with Crippen LogP contribution in [0.25, 0.3) is 19.2 Å². The molecule has 0 spiro atoms. The van der Waals surface area contributed by atoms with E-state index >= 15 is 0 Å². The van der Waals surface area contributed by atoms with Gasteiger partial charge in [0.15, 0.2) is 0 Å². The normalized spacial score (nSPS) is 12.6. The molecule has 0 amide bonds. The van der Waals surface area contributed by atoms with E-state index in [2.05, 4.69) is 69.1 Å². The van der Waals surface area contributed by atoms with Crippen molar-refractivity contribution in [2.75, 3.05) is 0 Å². The summed E-state index contributed by atoms with van der Waals surface area (Å²) in [5.74, 6) is 0. The van der Waals surface area contributed by atoms with Crippen molar-refractivity contribution in [2.45, 2.75) is 90.1 Å². The molecule has 5 aromatic rings. The maximum Gasteiger partial charge on any atom is 0.123 e. The van der Waals surface area contributed by atoms with Crippen LogP contribution in [0.4, 0.5) is 0 Å². The van der Waals surface area contributed by atoms with Gasteiger partial charge >= 0.3 is 0 Å². The minimum Gasteiger partial charge on any atom is -0.382 e. The zero-order valence-corrected chi connectivity index (χ0v) is 30.1. The SMILES string of the molecule is CCCCCCCCCCCCc1ccc(-c2cc(Br)c(Cc3cc4sc(C(O)c5sccc5Br)cc4s3)s2)s1. The molecule has 5 heterocycles. The van der Waals surface area contributed by atoms with Gasteiger partial charge in [0.1, 0.15) is 6.10 Å². The van der Waals surface area contributed by atoms with E-state index in [0.29, 0.717) is 0 Å². The van der Waals surface area contributed by atoms with Crippen LogP contribution in [0.5, 0.6) is 0 Å². The van der Waals surface area contributed by atoms with Gasteiger partial charge in [-0.2, -0.15) is 0 Å². The van der Waals surface area contributed by atoms with E-state index in [-0.39, 0.29) is 0 Å². The molecular formula is C32H36Br2OS5. The lowest BCUT2D eigenvalue weighted by Gasteiger charge is -2.06. The average molecular weight is 757 g/mol. The molecule has 0 saturated carbocycles. The monoisotopic (exact) mass is 754 g/mol. The van der Waals surface area contributed by atoms with Crippen LogP contribution in [0.2, 0.25) is 0 Å². The number of hydrogen-bond donors (Lipinski definition) is 1. The first kappa shape index (κ1) is 31.1. The van der Waals surface area contributed by atoms with Crippen LogP contribution in [0, 0.1) is 0 Å². The molecule has 40 heavy (non-hydrogen) atoms. The summed E-state index contributed by atoms with van der Waals surface area (Å²) in [5, 5.41) is 12.9. The van der Waals surface area contributed by atoms with Gasteiger partial charge in [0.05, 0.1) is 4.88 Å². The second kappa shape index (κ2) is 15.4. The topological polar surface area (TPSA) is 20.2 Å². The minimum absolute atomic E-state index is 0.558. The van der Waals surface area contributed by atoms with Gasteiger partial charge in [-0.1, -0.05) is 64.7 Å².